The van der Waals surface area contributed by atoms with Gasteiger partial charge < -0.3 is 9.30 Å². The Kier molecular flexibility index (Phi) is 7.88. The number of nitrogens with zero attached hydrogens (tertiary/aromatic N) is 3. The highest BCUT2D eigenvalue weighted by Gasteiger charge is 2.33. The molecule has 1 fully saturated rings. The maximum atomic E-state index is 13.3. The van der Waals surface area contributed by atoms with Crippen molar-refractivity contribution < 1.29 is 22.7 Å². The lowest BCUT2D eigenvalue weighted by molar-refractivity contribution is -0.149. The van der Waals surface area contributed by atoms with Crippen LogP contribution in [0.2, 0.25) is 10.0 Å². The summed E-state index contributed by atoms with van der Waals surface area (Å²) in [5.74, 6) is -0.204. The fourth-order valence-corrected chi connectivity index (χ4v) is 5.32. The summed E-state index contributed by atoms with van der Waals surface area (Å²) in [6.07, 6.45) is -2.70. The van der Waals surface area contributed by atoms with E-state index in [9.17, 15) is 18.0 Å². The monoisotopic (exact) mass is 541 g/mol. The highest BCUT2D eigenvalue weighted by Crippen LogP contribution is 2.35. The molecular formula is C26H28Cl2F3N3O2. The zero-order valence-corrected chi connectivity index (χ0v) is 21.9. The third-order valence-electron chi connectivity index (χ3n) is 6.82. The second-order valence-corrected chi connectivity index (χ2v) is 10.0. The molecule has 194 valence electrons. The topological polar surface area (TPSA) is 47.4 Å². The Bertz CT molecular complexity index is 1280. The summed E-state index contributed by atoms with van der Waals surface area (Å²) < 4.78 is 46.7. The number of hydrogen-bond donors (Lipinski definition) is 0. The van der Waals surface area contributed by atoms with E-state index in [1.165, 1.54) is 0 Å². The number of carbonyl (C=O) groups excluding carboxylic acids is 1. The van der Waals surface area contributed by atoms with Crippen LogP contribution in [0.4, 0.5) is 13.2 Å². The smallest absolute Gasteiger partial charge is 0.433 e. The minimum atomic E-state index is -4.52. The predicted octanol–water partition coefficient (Wildman–Crippen LogP) is 6.57. The number of rotatable bonds is 6. The molecule has 36 heavy (non-hydrogen) atoms. The van der Waals surface area contributed by atoms with E-state index in [0.717, 1.165) is 48.8 Å². The molecule has 3 heterocycles. The number of ether oxygens (including phenoxy) is 1. The summed E-state index contributed by atoms with van der Waals surface area (Å²) in [4.78, 5) is 18.1. The fourth-order valence-electron chi connectivity index (χ4n) is 4.75. The number of likely N-dealkylation sites (tertiary alicyclic amines) is 1. The number of pyridine rings is 1. The summed E-state index contributed by atoms with van der Waals surface area (Å²) in [6, 6.07) is 6.61. The number of carbonyl (C=O) groups is 1. The van der Waals surface area contributed by atoms with Crippen molar-refractivity contribution in [1.29, 1.82) is 0 Å². The Morgan fingerprint density at radius 1 is 1.19 bits per heavy atom. The summed E-state index contributed by atoms with van der Waals surface area (Å²) in [7, 11) is 1.70. The maximum absolute atomic E-state index is 13.3. The SMILES string of the molecule is CCOC(=O)C1CCN(Cc2ccc(Cl)c(Cc3cc4c(C)cc(C(F)(F)F)nc4n3C)c2Cl)CC1. The first-order valence-electron chi connectivity index (χ1n) is 11.9. The highest BCUT2D eigenvalue weighted by atomic mass is 35.5. The van der Waals surface area contributed by atoms with E-state index in [0.29, 0.717) is 40.6 Å². The number of benzene rings is 1. The van der Waals surface area contributed by atoms with Crippen molar-refractivity contribution in [3.63, 3.8) is 0 Å². The van der Waals surface area contributed by atoms with Crippen molar-refractivity contribution in [2.75, 3.05) is 19.7 Å². The van der Waals surface area contributed by atoms with E-state index < -0.39 is 11.9 Å². The van der Waals surface area contributed by atoms with Crippen LogP contribution in [0.3, 0.4) is 0 Å². The molecule has 1 saturated heterocycles. The molecule has 0 amide bonds. The van der Waals surface area contributed by atoms with Crippen LogP contribution in [0, 0.1) is 12.8 Å². The second-order valence-electron chi connectivity index (χ2n) is 9.23. The van der Waals surface area contributed by atoms with Crippen molar-refractivity contribution in [3.8, 4) is 0 Å². The first-order valence-corrected chi connectivity index (χ1v) is 12.6. The number of aromatic nitrogens is 2. The van der Waals surface area contributed by atoms with Gasteiger partial charge in [0.25, 0.3) is 0 Å². The normalized spacial score (nSPS) is 15.6. The van der Waals surface area contributed by atoms with Crippen LogP contribution < -0.4 is 0 Å². The van der Waals surface area contributed by atoms with E-state index in [-0.39, 0.29) is 17.5 Å². The number of fused-ring (bicyclic) bond motifs is 1. The molecule has 0 bridgehead atoms. The van der Waals surface area contributed by atoms with Gasteiger partial charge in [-0.3, -0.25) is 9.69 Å². The Morgan fingerprint density at radius 2 is 1.89 bits per heavy atom. The average Bonchev–Trinajstić information content (AvgIpc) is 3.14. The molecule has 3 aromatic rings. The van der Waals surface area contributed by atoms with E-state index in [2.05, 4.69) is 9.88 Å². The molecule has 1 aliphatic heterocycles. The van der Waals surface area contributed by atoms with Crippen LogP contribution in [-0.4, -0.2) is 40.1 Å². The van der Waals surface area contributed by atoms with Gasteiger partial charge in [-0.25, -0.2) is 4.98 Å². The van der Waals surface area contributed by atoms with Gasteiger partial charge in [-0.1, -0.05) is 29.3 Å². The lowest BCUT2D eigenvalue weighted by Crippen LogP contribution is -2.36. The number of esters is 1. The van der Waals surface area contributed by atoms with Gasteiger partial charge in [-0.15, -0.1) is 0 Å². The number of aryl methyl sites for hydroxylation is 2. The zero-order valence-electron chi connectivity index (χ0n) is 20.4. The average molecular weight is 542 g/mol. The minimum Gasteiger partial charge on any atom is -0.466 e. The number of piperidine rings is 1. The number of halogens is 5. The highest BCUT2D eigenvalue weighted by molar-refractivity contribution is 6.36. The Hall–Kier alpha value is -2.29. The van der Waals surface area contributed by atoms with E-state index in [1.54, 1.807) is 24.6 Å². The standard InChI is InChI=1S/C26H28Cl2F3N3O2/c1-4-36-25(35)16-7-9-34(10-8-16)14-17-5-6-21(27)20(23(17)28)13-18-12-19-15(2)11-22(26(29,30)31)32-24(19)33(18)3/h5-6,11-12,16H,4,7-10,13-14H2,1-3H3. The molecule has 1 aliphatic rings. The van der Waals surface area contributed by atoms with Crippen LogP contribution >= 0.6 is 23.2 Å². The van der Waals surface area contributed by atoms with Crippen molar-refractivity contribution in [2.24, 2.45) is 13.0 Å². The van der Waals surface area contributed by atoms with Crippen molar-refractivity contribution in [1.82, 2.24) is 14.5 Å². The molecular weight excluding hydrogens is 514 g/mol. The molecule has 5 nitrogen and oxygen atoms in total. The molecule has 0 N–H and O–H groups in total. The van der Waals surface area contributed by atoms with E-state index in [4.69, 9.17) is 27.9 Å². The first-order chi connectivity index (χ1) is 17.0. The maximum Gasteiger partial charge on any atom is 0.433 e. The van der Waals surface area contributed by atoms with Crippen LogP contribution in [0.5, 0.6) is 0 Å². The molecule has 2 aromatic heterocycles. The van der Waals surface area contributed by atoms with Crippen molar-refractivity contribution in [3.05, 3.63) is 62.4 Å². The second kappa shape index (κ2) is 10.6. The zero-order chi connectivity index (χ0) is 26.2. The summed E-state index contributed by atoms with van der Waals surface area (Å²) in [5, 5.41) is 1.70. The quantitative estimate of drug-likeness (QED) is 0.331. The molecule has 1 aromatic carbocycles. The molecule has 0 saturated carbocycles. The Morgan fingerprint density at radius 3 is 2.53 bits per heavy atom. The molecule has 0 atom stereocenters. The molecule has 0 unspecified atom stereocenters. The molecule has 0 radical (unpaired) electrons. The van der Waals surface area contributed by atoms with Gasteiger partial charge in [-0.2, -0.15) is 13.2 Å². The van der Waals surface area contributed by atoms with Crippen LogP contribution in [-0.2, 0) is 35.7 Å². The minimum absolute atomic E-state index is 0.0705. The third-order valence-corrected chi connectivity index (χ3v) is 7.65. The van der Waals surface area contributed by atoms with Gasteiger partial charge in [0, 0.05) is 36.1 Å². The van der Waals surface area contributed by atoms with E-state index >= 15 is 0 Å². The van der Waals surface area contributed by atoms with Gasteiger partial charge in [0.15, 0.2) is 0 Å². The number of alkyl halides is 3. The first kappa shape index (κ1) is 26.8. The van der Waals surface area contributed by atoms with Gasteiger partial charge >= 0.3 is 12.1 Å². The lowest BCUT2D eigenvalue weighted by atomic mass is 9.96. The van der Waals surface area contributed by atoms with Gasteiger partial charge in [0.05, 0.1) is 17.5 Å². The Balaban J connectivity index is 1.56. The molecule has 4 rings (SSSR count). The lowest BCUT2D eigenvalue weighted by Gasteiger charge is -2.31. The van der Waals surface area contributed by atoms with Crippen LogP contribution in [0.1, 0.15) is 47.8 Å². The van der Waals surface area contributed by atoms with Gasteiger partial charge in [0.2, 0.25) is 0 Å². The van der Waals surface area contributed by atoms with Crippen LogP contribution in [0.15, 0.2) is 24.3 Å². The van der Waals surface area contributed by atoms with E-state index in [1.807, 2.05) is 19.1 Å². The molecule has 0 aliphatic carbocycles. The number of hydrogen-bond acceptors (Lipinski definition) is 4. The summed E-state index contributed by atoms with van der Waals surface area (Å²) >= 11 is 13.3. The van der Waals surface area contributed by atoms with Gasteiger partial charge in [0.1, 0.15) is 11.3 Å². The van der Waals surface area contributed by atoms with Crippen molar-refractivity contribution in [2.45, 2.75) is 45.8 Å². The van der Waals surface area contributed by atoms with Gasteiger partial charge in [-0.05, 0) is 74.7 Å². The Labute approximate surface area is 218 Å². The summed E-state index contributed by atoms with van der Waals surface area (Å²) in [6.45, 7) is 5.97. The summed E-state index contributed by atoms with van der Waals surface area (Å²) in [5.41, 5.74) is 2.26. The molecule has 0 spiro atoms. The molecule has 10 heteroatoms. The van der Waals surface area contributed by atoms with Crippen LogP contribution in [0.25, 0.3) is 11.0 Å². The predicted molar refractivity (Wildman–Crippen MR) is 134 cm³/mol. The fraction of sp³-hybridized carbons (Fsp3) is 0.462. The largest absolute Gasteiger partial charge is 0.466 e. The van der Waals surface area contributed by atoms with Crippen molar-refractivity contribution >= 4 is 40.2 Å². The third kappa shape index (κ3) is 5.50.